The number of nitrogens with one attached hydrogen (secondary N) is 1. The van der Waals surface area contributed by atoms with Crippen LogP contribution in [-0.4, -0.2) is 37.0 Å². The van der Waals surface area contributed by atoms with Crippen molar-refractivity contribution in [2.45, 2.75) is 57.8 Å². The molecule has 3 aliphatic rings. The van der Waals surface area contributed by atoms with Crippen LogP contribution in [0.1, 0.15) is 57.8 Å². The Morgan fingerprint density at radius 1 is 1.21 bits per heavy atom. The van der Waals surface area contributed by atoms with Gasteiger partial charge in [0.1, 0.15) is 0 Å². The summed E-state index contributed by atoms with van der Waals surface area (Å²) in [5, 5.41) is 3.48. The molecule has 0 aromatic heterocycles. The first kappa shape index (κ1) is 13.4. The van der Waals surface area contributed by atoms with Crippen molar-refractivity contribution >= 4 is 5.91 Å². The zero-order chi connectivity index (χ0) is 13.1. The number of rotatable bonds is 4. The summed E-state index contributed by atoms with van der Waals surface area (Å²) in [6.07, 6.45) is 11.2. The fraction of sp³-hybridized carbons (Fsp3) is 0.938. The van der Waals surface area contributed by atoms with Crippen LogP contribution in [0.15, 0.2) is 0 Å². The molecule has 1 saturated carbocycles. The molecular formula is C16H28N2O. The average molecular weight is 264 g/mol. The van der Waals surface area contributed by atoms with Crippen LogP contribution < -0.4 is 5.32 Å². The summed E-state index contributed by atoms with van der Waals surface area (Å²) in [4.78, 5) is 14.3. The van der Waals surface area contributed by atoms with Gasteiger partial charge in [-0.25, -0.2) is 0 Å². The van der Waals surface area contributed by atoms with E-state index < -0.39 is 0 Å². The third kappa shape index (κ3) is 3.13. The van der Waals surface area contributed by atoms with Crippen molar-refractivity contribution in [3.05, 3.63) is 0 Å². The number of piperidine rings is 1. The highest BCUT2D eigenvalue weighted by Crippen LogP contribution is 2.37. The Balaban J connectivity index is 1.36. The van der Waals surface area contributed by atoms with Crippen molar-refractivity contribution in [1.29, 1.82) is 0 Å². The molecule has 1 amide bonds. The highest BCUT2D eigenvalue weighted by molar-refractivity contribution is 5.76. The van der Waals surface area contributed by atoms with E-state index in [-0.39, 0.29) is 0 Å². The molecule has 1 spiro atoms. The van der Waals surface area contributed by atoms with Gasteiger partial charge in [-0.05, 0) is 50.0 Å². The Morgan fingerprint density at radius 3 is 2.58 bits per heavy atom. The Bertz CT molecular complexity index is 309. The summed E-state index contributed by atoms with van der Waals surface area (Å²) < 4.78 is 0. The smallest absolute Gasteiger partial charge is 0.222 e. The lowest BCUT2D eigenvalue weighted by atomic mass is 9.77. The van der Waals surface area contributed by atoms with Crippen LogP contribution in [0.4, 0.5) is 0 Å². The fourth-order valence-corrected chi connectivity index (χ4v) is 3.93. The molecule has 0 bridgehead atoms. The van der Waals surface area contributed by atoms with Gasteiger partial charge in [0.15, 0.2) is 0 Å². The lowest BCUT2D eigenvalue weighted by Crippen LogP contribution is -2.44. The number of nitrogens with zero attached hydrogens (tertiary/aromatic N) is 1. The molecule has 1 N–H and O–H groups in total. The van der Waals surface area contributed by atoms with E-state index in [0.717, 1.165) is 31.8 Å². The molecule has 3 fully saturated rings. The van der Waals surface area contributed by atoms with Crippen LogP contribution >= 0.6 is 0 Å². The van der Waals surface area contributed by atoms with Crippen LogP contribution in [0.2, 0.25) is 0 Å². The third-order valence-electron chi connectivity index (χ3n) is 5.74. The molecule has 0 unspecified atom stereocenters. The van der Waals surface area contributed by atoms with Gasteiger partial charge in [-0.1, -0.05) is 19.3 Å². The maximum atomic E-state index is 12.2. The van der Waals surface area contributed by atoms with Crippen LogP contribution in [-0.2, 0) is 4.79 Å². The third-order valence-corrected chi connectivity index (χ3v) is 5.74. The first-order chi connectivity index (χ1) is 9.27. The predicted octanol–water partition coefficient (Wildman–Crippen LogP) is 2.56. The van der Waals surface area contributed by atoms with Gasteiger partial charge >= 0.3 is 0 Å². The van der Waals surface area contributed by atoms with Crippen molar-refractivity contribution in [3.8, 4) is 0 Å². The lowest BCUT2D eigenvalue weighted by Gasteiger charge is -2.39. The largest absolute Gasteiger partial charge is 0.343 e. The van der Waals surface area contributed by atoms with Crippen molar-refractivity contribution in [3.63, 3.8) is 0 Å². The summed E-state index contributed by atoms with van der Waals surface area (Å²) in [5.41, 5.74) is 0.530. The van der Waals surface area contributed by atoms with Gasteiger partial charge in [-0.15, -0.1) is 0 Å². The normalized spacial score (nSPS) is 26.6. The molecule has 108 valence electrons. The van der Waals surface area contributed by atoms with E-state index in [9.17, 15) is 4.79 Å². The zero-order valence-electron chi connectivity index (χ0n) is 12.1. The number of amides is 1. The van der Waals surface area contributed by atoms with Crippen LogP contribution in [0.25, 0.3) is 0 Å². The molecule has 0 radical (unpaired) electrons. The van der Waals surface area contributed by atoms with Crippen molar-refractivity contribution in [2.75, 3.05) is 26.2 Å². The number of carbonyl (C=O) groups is 1. The van der Waals surface area contributed by atoms with E-state index in [2.05, 4.69) is 10.2 Å². The maximum absolute atomic E-state index is 12.2. The minimum Gasteiger partial charge on any atom is -0.343 e. The van der Waals surface area contributed by atoms with Gasteiger partial charge in [0.05, 0.1) is 0 Å². The molecule has 0 aromatic rings. The highest BCUT2D eigenvalue weighted by atomic mass is 16.2. The Labute approximate surface area is 117 Å². The summed E-state index contributed by atoms with van der Waals surface area (Å²) in [6, 6.07) is 0. The molecular weight excluding hydrogens is 236 g/mol. The summed E-state index contributed by atoms with van der Waals surface area (Å²) >= 11 is 0. The summed E-state index contributed by atoms with van der Waals surface area (Å²) in [5.74, 6) is 1.36. The molecule has 3 nitrogen and oxygen atoms in total. The SMILES string of the molecule is O=C(CCCC1CCC1)N1CCC2(CCNC2)CC1. The second-order valence-corrected chi connectivity index (χ2v) is 7.00. The van der Waals surface area contributed by atoms with Gasteiger partial charge < -0.3 is 10.2 Å². The first-order valence-electron chi connectivity index (χ1n) is 8.26. The molecule has 2 saturated heterocycles. The molecule has 3 heteroatoms. The molecule has 0 atom stereocenters. The van der Waals surface area contributed by atoms with Crippen LogP contribution in [0.3, 0.4) is 0 Å². The van der Waals surface area contributed by atoms with Gasteiger partial charge in [-0.2, -0.15) is 0 Å². The fourth-order valence-electron chi connectivity index (χ4n) is 3.93. The Kier molecular flexibility index (Phi) is 4.11. The second-order valence-electron chi connectivity index (χ2n) is 7.00. The predicted molar refractivity (Wildman–Crippen MR) is 76.9 cm³/mol. The van der Waals surface area contributed by atoms with Gasteiger partial charge in [0.25, 0.3) is 0 Å². The minimum atomic E-state index is 0.417. The van der Waals surface area contributed by atoms with E-state index in [1.165, 1.54) is 58.0 Å². The number of likely N-dealkylation sites (tertiary alicyclic amines) is 1. The molecule has 2 aliphatic heterocycles. The monoisotopic (exact) mass is 264 g/mol. The number of hydrogen-bond donors (Lipinski definition) is 1. The van der Waals surface area contributed by atoms with Crippen molar-refractivity contribution < 1.29 is 4.79 Å². The van der Waals surface area contributed by atoms with E-state index in [4.69, 9.17) is 0 Å². The minimum absolute atomic E-state index is 0.417. The van der Waals surface area contributed by atoms with E-state index >= 15 is 0 Å². The van der Waals surface area contributed by atoms with Crippen molar-refractivity contribution in [1.82, 2.24) is 10.2 Å². The number of carbonyl (C=O) groups excluding carboxylic acids is 1. The highest BCUT2D eigenvalue weighted by Gasteiger charge is 2.37. The van der Waals surface area contributed by atoms with Crippen LogP contribution in [0, 0.1) is 11.3 Å². The zero-order valence-corrected chi connectivity index (χ0v) is 12.1. The topological polar surface area (TPSA) is 32.3 Å². The van der Waals surface area contributed by atoms with E-state index in [1.54, 1.807) is 0 Å². The van der Waals surface area contributed by atoms with Gasteiger partial charge in [0.2, 0.25) is 5.91 Å². The lowest BCUT2D eigenvalue weighted by molar-refractivity contribution is -0.133. The quantitative estimate of drug-likeness (QED) is 0.846. The molecule has 1 aliphatic carbocycles. The van der Waals surface area contributed by atoms with Crippen LogP contribution in [0.5, 0.6) is 0 Å². The van der Waals surface area contributed by atoms with Gasteiger partial charge in [-0.3, -0.25) is 4.79 Å². The average Bonchev–Trinajstić information content (AvgIpc) is 2.81. The Morgan fingerprint density at radius 2 is 2.00 bits per heavy atom. The molecule has 0 aromatic carbocycles. The standard InChI is InChI=1S/C16H28N2O/c19-15(6-2-5-14-3-1-4-14)18-11-8-16(9-12-18)7-10-17-13-16/h14,17H,1-13H2. The van der Waals surface area contributed by atoms with Crippen molar-refractivity contribution in [2.24, 2.45) is 11.3 Å². The molecule has 19 heavy (non-hydrogen) atoms. The number of hydrogen-bond acceptors (Lipinski definition) is 2. The molecule has 2 heterocycles. The second kappa shape index (κ2) is 5.82. The summed E-state index contributed by atoms with van der Waals surface area (Å²) in [7, 11) is 0. The Hall–Kier alpha value is -0.570. The molecule has 3 rings (SSSR count). The first-order valence-corrected chi connectivity index (χ1v) is 8.26. The summed E-state index contributed by atoms with van der Waals surface area (Å²) in [6.45, 7) is 4.36. The van der Waals surface area contributed by atoms with E-state index in [1.807, 2.05) is 0 Å². The van der Waals surface area contributed by atoms with Gasteiger partial charge in [0, 0.05) is 26.1 Å². The van der Waals surface area contributed by atoms with E-state index in [0.29, 0.717) is 11.3 Å². The maximum Gasteiger partial charge on any atom is 0.222 e.